The summed E-state index contributed by atoms with van der Waals surface area (Å²) < 4.78 is 1.79. The second-order valence-electron chi connectivity index (χ2n) is 6.00. The molecule has 0 radical (unpaired) electrons. The Kier molecular flexibility index (Phi) is 2.15. The first kappa shape index (κ1) is 11.4. The first-order chi connectivity index (χ1) is 8.37. The number of pyridine rings is 1. The molecule has 0 N–H and O–H groups in total. The largest absolute Gasteiger partial charge is 0.294 e. The van der Waals surface area contributed by atoms with Crippen LogP contribution in [0.15, 0.2) is 6.07 Å². The number of fused-ring (bicyclic) bond motifs is 2. The third-order valence-corrected chi connectivity index (χ3v) is 3.66. The minimum absolute atomic E-state index is 0.0123. The molecule has 0 aliphatic heterocycles. The third-order valence-electron chi connectivity index (χ3n) is 3.66. The summed E-state index contributed by atoms with van der Waals surface area (Å²) in [6.07, 6.45) is 1.46. The Hall–Kier alpha value is -1.71. The van der Waals surface area contributed by atoms with Gasteiger partial charge in [0.05, 0.1) is 11.4 Å². The lowest BCUT2D eigenvalue weighted by molar-refractivity contribution is 0.0910. The van der Waals surface area contributed by atoms with Crippen molar-refractivity contribution in [3.8, 4) is 0 Å². The zero-order valence-corrected chi connectivity index (χ0v) is 11.2. The first-order valence-electron chi connectivity index (χ1n) is 6.24. The molecule has 0 amide bonds. The Labute approximate surface area is 106 Å². The number of hydrogen-bond donors (Lipinski definition) is 0. The number of rotatable bonds is 0. The van der Waals surface area contributed by atoms with Crippen molar-refractivity contribution in [1.82, 2.24) is 14.8 Å². The lowest BCUT2D eigenvalue weighted by Gasteiger charge is -2.29. The summed E-state index contributed by atoms with van der Waals surface area (Å²) in [7, 11) is 1.89. The number of hydrogen-bond acceptors (Lipinski definition) is 3. The summed E-state index contributed by atoms with van der Waals surface area (Å²) in [5.74, 6) is 0.207. The normalized spacial score (nSPS) is 18.1. The smallest absolute Gasteiger partial charge is 0.165 e. The van der Waals surface area contributed by atoms with Gasteiger partial charge in [0, 0.05) is 24.4 Å². The molecular formula is C14H17N3O. The van der Waals surface area contributed by atoms with Crippen molar-refractivity contribution in [2.24, 2.45) is 12.5 Å². The Morgan fingerprint density at radius 1 is 1.33 bits per heavy atom. The molecule has 3 rings (SSSR count). The fraction of sp³-hybridized carbons (Fsp3) is 0.500. The summed E-state index contributed by atoms with van der Waals surface area (Å²) in [5.41, 5.74) is 3.53. The van der Waals surface area contributed by atoms with Crippen LogP contribution in [-0.4, -0.2) is 20.5 Å². The fourth-order valence-electron chi connectivity index (χ4n) is 2.80. The molecule has 0 fully saturated rings. The van der Waals surface area contributed by atoms with Gasteiger partial charge in [-0.2, -0.15) is 5.10 Å². The Bertz CT molecular complexity index is 667. The van der Waals surface area contributed by atoms with Gasteiger partial charge in [-0.15, -0.1) is 0 Å². The molecular weight excluding hydrogens is 226 g/mol. The summed E-state index contributed by atoms with van der Waals surface area (Å²) in [6.45, 7) is 6.19. The van der Waals surface area contributed by atoms with Crippen LogP contribution in [0.5, 0.6) is 0 Å². The van der Waals surface area contributed by atoms with Gasteiger partial charge in [-0.05, 0) is 24.8 Å². The summed E-state index contributed by atoms with van der Waals surface area (Å²) in [5, 5.41) is 5.36. The van der Waals surface area contributed by atoms with Gasteiger partial charge in [-0.25, -0.2) is 4.98 Å². The number of ketones is 1. The van der Waals surface area contributed by atoms with E-state index in [1.54, 1.807) is 4.68 Å². The minimum atomic E-state index is 0.0123. The van der Waals surface area contributed by atoms with Crippen LogP contribution in [0.1, 0.15) is 42.0 Å². The number of carbonyl (C=O) groups is 1. The van der Waals surface area contributed by atoms with Crippen molar-refractivity contribution in [3.63, 3.8) is 0 Å². The van der Waals surface area contributed by atoms with Gasteiger partial charge in [-0.1, -0.05) is 13.8 Å². The Morgan fingerprint density at radius 3 is 2.78 bits per heavy atom. The van der Waals surface area contributed by atoms with Gasteiger partial charge in [0.2, 0.25) is 0 Å². The number of aryl methyl sites for hydroxylation is 2. The van der Waals surface area contributed by atoms with Crippen LogP contribution in [0.4, 0.5) is 0 Å². The lowest BCUT2D eigenvalue weighted by Crippen LogP contribution is -2.27. The van der Waals surface area contributed by atoms with Gasteiger partial charge < -0.3 is 0 Å². The molecule has 0 bridgehead atoms. The van der Waals surface area contributed by atoms with Crippen molar-refractivity contribution in [2.75, 3.05) is 0 Å². The van der Waals surface area contributed by atoms with E-state index in [1.807, 2.05) is 20.0 Å². The molecule has 2 aromatic heterocycles. The lowest BCUT2D eigenvalue weighted by atomic mass is 9.75. The average molecular weight is 243 g/mol. The number of nitrogens with zero attached hydrogens (tertiary/aromatic N) is 3. The highest BCUT2D eigenvalue weighted by Crippen LogP contribution is 2.35. The van der Waals surface area contributed by atoms with Crippen LogP contribution in [0, 0.1) is 12.3 Å². The zero-order valence-electron chi connectivity index (χ0n) is 11.2. The topological polar surface area (TPSA) is 47.8 Å². The Balaban J connectivity index is 2.29. The average Bonchev–Trinajstić information content (AvgIpc) is 2.51. The number of aromatic nitrogens is 3. The molecule has 0 atom stereocenters. The Morgan fingerprint density at radius 2 is 2.06 bits per heavy atom. The molecule has 0 saturated carbocycles. The third kappa shape index (κ3) is 1.55. The van der Waals surface area contributed by atoms with Crippen LogP contribution < -0.4 is 0 Å². The molecule has 94 valence electrons. The quantitative estimate of drug-likeness (QED) is 0.714. The highest BCUT2D eigenvalue weighted by atomic mass is 16.1. The summed E-state index contributed by atoms with van der Waals surface area (Å²) >= 11 is 0. The van der Waals surface area contributed by atoms with E-state index < -0.39 is 0 Å². The van der Waals surface area contributed by atoms with Gasteiger partial charge in [0.25, 0.3) is 0 Å². The van der Waals surface area contributed by atoms with E-state index in [9.17, 15) is 4.79 Å². The second kappa shape index (κ2) is 3.40. The number of Topliss-reactive ketones (excluding diaryl/α,β-unsaturated/α-hetero) is 1. The highest BCUT2D eigenvalue weighted by Gasteiger charge is 2.32. The van der Waals surface area contributed by atoms with E-state index in [1.165, 1.54) is 0 Å². The van der Waals surface area contributed by atoms with E-state index in [0.29, 0.717) is 6.42 Å². The van der Waals surface area contributed by atoms with Gasteiger partial charge in [0.15, 0.2) is 11.4 Å². The zero-order chi connectivity index (χ0) is 13.1. The van der Waals surface area contributed by atoms with Crippen molar-refractivity contribution >= 4 is 16.8 Å². The van der Waals surface area contributed by atoms with E-state index in [0.717, 1.165) is 34.4 Å². The molecule has 4 heteroatoms. The van der Waals surface area contributed by atoms with Crippen molar-refractivity contribution in [3.05, 3.63) is 23.0 Å². The van der Waals surface area contributed by atoms with Gasteiger partial charge in [0.1, 0.15) is 0 Å². The molecule has 18 heavy (non-hydrogen) atoms. The summed E-state index contributed by atoms with van der Waals surface area (Å²) in [6, 6.07) is 1.97. The maximum atomic E-state index is 12.2. The molecule has 1 aliphatic carbocycles. The van der Waals surface area contributed by atoms with E-state index in [2.05, 4.69) is 23.9 Å². The molecule has 2 heterocycles. The molecule has 0 aromatic carbocycles. The predicted octanol–water partition coefficient (Wildman–Crippen LogP) is 2.43. The van der Waals surface area contributed by atoms with E-state index >= 15 is 0 Å². The van der Waals surface area contributed by atoms with Crippen LogP contribution in [0.3, 0.4) is 0 Å². The SMILES string of the molecule is Cc1nn(C)c2nc3c(cc12)C(=O)CC(C)(C)C3. The molecule has 4 nitrogen and oxygen atoms in total. The maximum absolute atomic E-state index is 12.2. The van der Waals surface area contributed by atoms with E-state index in [4.69, 9.17) is 0 Å². The number of carbonyl (C=O) groups excluding carboxylic acids is 1. The van der Waals surface area contributed by atoms with Crippen molar-refractivity contribution in [1.29, 1.82) is 0 Å². The minimum Gasteiger partial charge on any atom is -0.294 e. The van der Waals surface area contributed by atoms with Crippen LogP contribution in [0.25, 0.3) is 11.0 Å². The van der Waals surface area contributed by atoms with Crippen LogP contribution in [-0.2, 0) is 13.5 Å². The monoisotopic (exact) mass is 243 g/mol. The molecule has 0 unspecified atom stereocenters. The predicted molar refractivity (Wildman–Crippen MR) is 69.7 cm³/mol. The van der Waals surface area contributed by atoms with E-state index in [-0.39, 0.29) is 11.2 Å². The molecule has 0 saturated heterocycles. The van der Waals surface area contributed by atoms with Crippen LogP contribution in [0.2, 0.25) is 0 Å². The standard InChI is InChI=1S/C14H17N3O/c1-8-9-5-10-11(15-13(9)17(4)16-8)6-14(2,3)7-12(10)18/h5H,6-7H2,1-4H3. The summed E-state index contributed by atoms with van der Waals surface area (Å²) in [4.78, 5) is 16.9. The second-order valence-corrected chi connectivity index (χ2v) is 6.00. The molecule has 0 spiro atoms. The molecule has 2 aromatic rings. The van der Waals surface area contributed by atoms with Crippen molar-refractivity contribution < 1.29 is 4.79 Å². The van der Waals surface area contributed by atoms with Crippen LogP contribution >= 0.6 is 0 Å². The first-order valence-corrected chi connectivity index (χ1v) is 6.24. The molecule has 1 aliphatic rings. The highest BCUT2D eigenvalue weighted by molar-refractivity contribution is 6.01. The van der Waals surface area contributed by atoms with Gasteiger partial charge in [-0.3, -0.25) is 9.48 Å². The maximum Gasteiger partial charge on any atom is 0.165 e. The van der Waals surface area contributed by atoms with Crippen molar-refractivity contribution in [2.45, 2.75) is 33.6 Å². The van der Waals surface area contributed by atoms with Gasteiger partial charge >= 0.3 is 0 Å². The fourth-order valence-corrected chi connectivity index (χ4v) is 2.80.